The van der Waals surface area contributed by atoms with Crippen LogP contribution in [0, 0.1) is 11.3 Å². The Labute approximate surface area is 105 Å². The van der Waals surface area contributed by atoms with E-state index in [0.29, 0.717) is 5.56 Å². The molecule has 4 nitrogen and oxygen atoms in total. The van der Waals surface area contributed by atoms with Gasteiger partial charge in [-0.25, -0.2) is 4.98 Å². The molecule has 0 N–H and O–H groups in total. The number of imidazole rings is 1. The van der Waals surface area contributed by atoms with Crippen molar-refractivity contribution in [2.45, 2.75) is 13.1 Å². The summed E-state index contributed by atoms with van der Waals surface area (Å²) in [6, 6.07) is 10.0. The van der Waals surface area contributed by atoms with Gasteiger partial charge >= 0.3 is 0 Å². The molecule has 0 bridgehead atoms. The Hall–Kier alpha value is -2.54. The topological polar surface area (TPSA) is 46.5 Å². The molecule has 3 rings (SSSR count). The van der Waals surface area contributed by atoms with Crippen molar-refractivity contribution in [1.82, 2.24) is 14.1 Å². The van der Waals surface area contributed by atoms with Crippen LogP contribution in [-0.4, -0.2) is 14.1 Å². The Morgan fingerprint density at radius 2 is 2.11 bits per heavy atom. The molecule has 0 amide bonds. The average molecular weight is 236 g/mol. The minimum absolute atomic E-state index is 0.699. The monoisotopic (exact) mass is 236 g/mol. The van der Waals surface area contributed by atoms with E-state index in [1.165, 1.54) is 5.39 Å². The van der Waals surface area contributed by atoms with Gasteiger partial charge in [-0.15, -0.1) is 0 Å². The van der Waals surface area contributed by atoms with Crippen LogP contribution in [0.25, 0.3) is 10.9 Å². The van der Waals surface area contributed by atoms with E-state index in [-0.39, 0.29) is 0 Å². The van der Waals surface area contributed by atoms with E-state index in [9.17, 15) is 0 Å². The maximum atomic E-state index is 8.93. The SMILES string of the molecule is N#Cc1ccc2ccn(CCn3ccnc3)c2c1. The number of hydrogen-bond donors (Lipinski definition) is 0. The quantitative estimate of drug-likeness (QED) is 0.701. The first-order valence-electron chi connectivity index (χ1n) is 5.81. The van der Waals surface area contributed by atoms with E-state index in [4.69, 9.17) is 5.26 Å². The number of aryl methyl sites for hydroxylation is 2. The van der Waals surface area contributed by atoms with Gasteiger partial charge in [0.2, 0.25) is 0 Å². The first-order chi connectivity index (χ1) is 8.86. The highest BCUT2D eigenvalue weighted by molar-refractivity contribution is 5.81. The molecular formula is C14H12N4. The van der Waals surface area contributed by atoms with Gasteiger partial charge in [0.15, 0.2) is 0 Å². The van der Waals surface area contributed by atoms with Crippen LogP contribution in [0.4, 0.5) is 0 Å². The van der Waals surface area contributed by atoms with Gasteiger partial charge < -0.3 is 9.13 Å². The second kappa shape index (κ2) is 4.38. The van der Waals surface area contributed by atoms with Crippen LogP contribution >= 0.6 is 0 Å². The third-order valence-electron chi connectivity index (χ3n) is 3.06. The zero-order chi connectivity index (χ0) is 12.4. The lowest BCUT2D eigenvalue weighted by Crippen LogP contribution is -2.04. The predicted molar refractivity (Wildman–Crippen MR) is 68.9 cm³/mol. The number of nitriles is 1. The van der Waals surface area contributed by atoms with Crippen molar-refractivity contribution in [1.29, 1.82) is 5.26 Å². The lowest BCUT2D eigenvalue weighted by atomic mass is 10.2. The van der Waals surface area contributed by atoms with Crippen molar-refractivity contribution in [3.63, 3.8) is 0 Å². The van der Waals surface area contributed by atoms with Crippen molar-refractivity contribution >= 4 is 10.9 Å². The van der Waals surface area contributed by atoms with Gasteiger partial charge in [0.25, 0.3) is 0 Å². The summed E-state index contributed by atoms with van der Waals surface area (Å²) >= 11 is 0. The summed E-state index contributed by atoms with van der Waals surface area (Å²) in [7, 11) is 0. The van der Waals surface area contributed by atoms with Gasteiger partial charge in [-0.1, -0.05) is 6.07 Å². The van der Waals surface area contributed by atoms with Gasteiger partial charge in [0.05, 0.1) is 18.0 Å². The van der Waals surface area contributed by atoms with Crippen molar-refractivity contribution in [3.05, 3.63) is 54.7 Å². The minimum Gasteiger partial charge on any atom is -0.346 e. The van der Waals surface area contributed by atoms with Crippen LogP contribution in [0.15, 0.2) is 49.2 Å². The van der Waals surface area contributed by atoms with Crippen LogP contribution in [-0.2, 0) is 13.1 Å². The molecule has 1 aromatic carbocycles. The molecule has 0 fully saturated rings. The normalized spacial score (nSPS) is 10.6. The maximum Gasteiger partial charge on any atom is 0.0992 e. The molecule has 0 spiro atoms. The van der Waals surface area contributed by atoms with E-state index in [0.717, 1.165) is 18.6 Å². The first-order valence-corrected chi connectivity index (χ1v) is 5.81. The Balaban J connectivity index is 1.90. The number of rotatable bonds is 3. The highest BCUT2D eigenvalue weighted by atomic mass is 15.1. The van der Waals surface area contributed by atoms with Crippen LogP contribution in [0.1, 0.15) is 5.56 Å². The lowest BCUT2D eigenvalue weighted by molar-refractivity contribution is 0.592. The Morgan fingerprint density at radius 3 is 2.89 bits per heavy atom. The van der Waals surface area contributed by atoms with E-state index < -0.39 is 0 Å². The fourth-order valence-electron chi connectivity index (χ4n) is 2.09. The predicted octanol–water partition coefficient (Wildman–Crippen LogP) is 2.41. The molecule has 0 aliphatic carbocycles. The van der Waals surface area contributed by atoms with Gasteiger partial charge in [0.1, 0.15) is 0 Å². The van der Waals surface area contributed by atoms with Gasteiger partial charge in [0, 0.05) is 37.2 Å². The zero-order valence-electron chi connectivity index (χ0n) is 9.82. The van der Waals surface area contributed by atoms with Gasteiger partial charge in [-0.2, -0.15) is 5.26 Å². The highest BCUT2D eigenvalue weighted by Crippen LogP contribution is 2.17. The third kappa shape index (κ3) is 1.87. The smallest absolute Gasteiger partial charge is 0.0992 e. The first kappa shape index (κ1) is 10.6. The van der Waals surface area contributed by atoms with Crippen LogP contribution in [0.2, 0.25) is 0 Å². The summed E-state index contributed by atoms with van der Waals surface area (Å²) in [4.78, 5) is 4.02. The molecule has 0 saturated heterocycles. The zero-order valence-corrected chi connectivity index (χ0v) is 9.82. The molecule has 88 valence electrons. The lowest BCUT2D eigenvalue weighted by Gasteiger charge is -2.06. The Kier molecular flexibility index (Phi) is 2.58. The van der Waals surface area contributed by atoms with E-state index in [1.807, 2.05) is 35.3 Å². The molecule has 0 radical (unpaired) electrons. The standard InChI is InChI=1S/C14H12N4/c15-10-12-1-2-13-3-5-18(14(13)9-12)8-7-17-6-4-16-11-17/h1-6,9,11H,7-8H2. The second-order valence-electron chi connectivity index (χ2n) is 4.20. The summed E-state index contributed by atoms with van der Waals surface area (Å²) in [5.41, 5.74) is 1.80. The summed E-state index contributed by atoms with van der Waals surface area (Å²) in [6.45, 7) is 1.75. The van der Waals surface area contributed by atoms with Crippen molar-refractivity contribution < 1.29 is 0 Å². The minimum atomic E-state index is 0.699. The third-order valence-corrected chi connectivity index (χ3v) is 3.06. The molecular weight excluding hydrogens is 224 g/mol. The maximum absolute atomic E-state index is 8.93. The van der Waals surface area contributed by atoms with Crippen LogP contribution < -0.4 is 0 Å². The molecule has 0 unspecified atom stereocenters. The molecule has 4 heteroatoms. The molecule has 0 atom stereocenters. The molecule has 18 heavy (non-hydrogen) atoms. The fourth-order valence-corrected chi connectivity index (χ4v) is 2.09. The summed E-state index contributed by atoms with van der Waals surface area (Å²) < 4.78 is 4.20. The summed E-state index contributed by atoms with van der Waals surface area (Å²) in [6.07, 6.45) is 7.60. The number of aromatic nitrogens is 3. The van der Waals surface area contributed by atoms with Crippen LogP contribution in [0.3, 0.4) is 0 Å². The number of benzene rings is 1. The number of nitrogens with zero attached hydrogens (tertiary/aromatic N) is 4. The molecule has 2 heterocycles. The summed E-state index contributed by atoms with van der Waals surface area (Å²) in [5.74, 6) is 0. The molecule has 0 saturated carbocycles. The fraction of sp³-hybridized carbons (Fsp3) is 0.143. The van der Waals surface area contributed by atoms with Gasteiger partial charge in [-0.3, -0.25) is 0 Å². The average Bonchev–Trinajstić information content (AvgIpc) is 3.05. The van der Waals surface area contributed by atoms with Crippen molar-refractivity contribution in [2.75, 3.05) is 0 Å². The van der Waals surface area contributed by atoms with Crippen molar-refractivity contribution in [2.24, 2.45) is 0 Å². The highest BCUT2D eigenvalue weighted by Gasteiger charge is 2.02. The largest absolute Gasteiger partial charge is 0.346 e. The number of fused-ring (bicyclic) bond motifs is 1. The summed E-state index contributed by atoms with van der Waals surface area (Å²) in [5, 5.41) is 10.1. The molecule has 2 aromatic heterocycles. The van der Waals surface area contributed by atoms with E-state index in [1.54, 1.807) is 6.20 Å². The molecule has 3 aromatic rings. The Bertz CT molecular complexity index is 701. The Morgan fingerprint density at radius 1 is 1.17 bits per heavy atom. The van der Waals surface area contributed by atoms with Gasteiger partial charge in [-0.05, 0) is 23.6 Å². The molecule has 0 aliphatic heterocycles. The number of hydrogen-bond acceptors (Lipinski definition) is 2. The second-order valence-corrected chi connectivity index (χ2v) is 4.20. The van der Waals surface area contributed by atoms with Crippen molar-refractivity contribution in [3.8, 4) is 6.07 Å². The van der Waals surface area contributed by atoms with E-state index >= 15 is 0 Å². The molecule has 0 aliphatic rings. The van der Waals surface area contributed by atoms with Crippen LogP contribution in [0.5, 0.6) is 0 Å². The van der Waals surface area contributed by atoms with E-state index in [2.05, 4.69) is 27.9 Å².